The molecule has 2 aliphatic heterocycles. The maximum atomic E-state index is 12.6. The van der Waals surface area contributed by atoms with Gasteiger partial charge in [-0.1, -0.05) is 30.3 Å². The molecule has 1 aromatic heterocycles. The van der Waals surface area contributed by atoms with Crippen LogP contribution in [-0.2, 0) is 31.4 Å². The Kier molecular flexibility index (Phi) is 5.65. The summed E-state index contributed by atoms with van der Waals surface area (Å²) in [7, 11) is 1.92. The van der Waals surface area contributed by atoms with Gasteiger partial charge in [0.15, 0.2) is 5.69 Å². The van der Waals surface area contributed by atoms with Crippen molar-refractivity contribution in [1.82, 2.24) is 20.4 Å². The number of nitrogens with one attached hydrogen (secondary N) is 2. The van der Waals surface area contributed by atoms with Crippen LogP contribution in [0.3, 0.4) is 0 Å². The number of carbonyl (C=O) groups excluding carboxylic acids is 1. The van der Waals surface area contributed by atoms with Gasteiger partial charge in [0.2, 0.25) is 0 Å². The van der Waals surface area contributed by atoms with Gasteiger partial charge in [-0.15, -0.1) is 12.4 Å². The van der Waals surface area contributed by atoms with E-state index in [2.05, 4.69) is 15.7 Å². The molecule has 3 heterocycles. The van der Waals surface area contributed by atoms with Crippen LogP contribution in [0.1, 0.15) is 40.2 Å². The minimum absolute atomic E-state index is 0. The summed E-state index contributed by atoms with van der Waals surface area (Å²) in [5.74, 6) is -0.134. The molecule has 6 nitrogen and oxygen atoms in total. The lowest BCUT2D eigenvalue weighted by Crippen LogP contribution is -2.47. The second-order valence-electron chi connectivity index (χ2n) is 6.96. The molecular formula is C19H25ClN4O2. The Balaban J connectivity index is 0.00000196. The van der Waals surface area contributed by atoms with Crippen LogP contribution in [0, 0.1) is 0 Å². The molecule has 1 amide bonds. The molecule has 2 aliphatic rings. The molecule has 0 unspecified atom stereocenters. The quantitative estimate of drug-likeness (QED) is 0.859. The second-order valence-corrected chi connectivity index (χ2v) is 6.96. The van der Waals surface area contributed by atoms with Crippen LogP contribution in [-0.4, -0.2) is 34.4 Å². The van der Waals surface area contributed by atoms with E-state index in [0.29, 0.717) is 18.8 Å². The molecule has 7 heteroatoms. The zero-order valence-electron chi connectivity index (χ0n) is 15.0. The Hall–Kier alpha value is -1.89. The molecule has 4 rings (SSSR count). The Labute approximate surface area is 159 Å². The van der Waals surface area contributed by atoms with Crippen molar-refractivity contribution in [2.45, 2.75) is 38.0 Å². The number of benzene rings is 1. The van der Waals surface area contributed by atoms with Gasteiger partial charge in [0, 0.05) is 31.3 Å². The van der Waals surface area contributed by atoms with Crippen LogP contribution < -0.4 is 10.6 Å². The highest BCUT2D eigenvalue weighted by atomic mass is 35.5. The van der Waals surface area contributed by atoms with E-state index in [1.807, 2.05) is 42.1 Å². The monoisotopic (exact) mass is 376 g/mol. The molecule has 2 N–H and O–H groups in total. The number of aromatic nitrogens is 2. The maximum Gasteiger partial charge on any atom is 0.272 e. The fraction of sp³-hybridized carbons (Fsp3) is 0.474. The van der Waals surface area contributed by atoms with Crippen molar-refractivity contribution in [1.29, 1.82) is 0 Å². The summed E-state index contributed by atoms with van der Waals surface area (Å²) < 4.78 is 8.09. The van der Waals surface area contributed by atoms with Crippen molar-refractivity contribution in [2.24, 2.45) is 7.05 Å². The minimum atomic E-state index is -0.134. The molecule has 0 aliphatic carbocycles. The molecule has 1 saturated heterocycles. The number of fused-ring (bicyclic) bond motifs is 1. The van der Waals surface area contributed by atoms with Crippen molar-refractivity contribution < 1.29 is 9.53 Å². The van der Waals surface area contributed by atoms with Crippen molar-refractivity contribution in [3.05, 3.63) is 52.8 Å². The first-order valence-electron chi connectivity index (χ1n) is 8.88. The summed E-state index contributed by atoms with van der Waals surface area (Å²) in [5, 5.41) is 10.8. The first kappa shape index (κ1) is 18.9. The first-order valence-corrected chi connectivity index (χ1v) is 8.88. The zero-order chi connectivity index (χ0) is 17.3. The van der Waals surface area contributed by atoms with Crippen LogP contribution >= 0.6 is 12.4 Å². The van der Waals surface area contributed by atoms with Crippen LogP contribution in [0.4, 0.5) is 0 Å². The number of ether oxygens (including phenoxy) is 1. The lowest BCUT2D eigenvalue weighted by molar-refractivity contribution is -0.0869. The minimum Gasteiger partial charge on any atom is -0.370 e. The molecule has 0 saturated carbocycles. The molecule has 1 fully saturated rings. The third kappa shape index (κ3) is 3.63. The number of hydrogen-bond donors (Lipinski definition) is 2. The predicted octanol–water partition coefficient (Wildman–Crippen LogP) is 1.97. The Morgan fingerprint density at radius 2 is 2.04 bits per heavy atom. The lowest BCUT2D eigenvalue weighted by Gasteiger charge is -2.40. The van der Waals surface area contributed by atoms with Gasteiger partial charge >= 0.3 is 0 Å². The number of hydrogen-bond acceptors (Lipinski definition) is 4. The highest BCUT2D eigenvalue weighted by molar-refractivity contribution is 5.94. The van der Waals surface area contributed by atoms with E-state index in [1.54, 1.807) is 0 Å². The molecule has 26 heavy (non-hydrogen) atoms. The highest BCUT2D eigenvalue weighted by Gasteiger charge is 2.40. The fourth-order valence-electron chi connectivity index (χ4n) is 3.80. The summed E-state index contributed by atoms with van der Waals surface area (Å²) in [6.07, 6.45) is 2.85. The van der Waals surface area contributed by atoms with Gasteiger partial charge < -0.3 is 15.4 Å². The van der Waals surface area contributed by atoms with Gasteiger partial charge in [0.05, 0.1) is 12.2 Å². The van der Waals surface area contributed by atoms with Crippen LogP contribution in [0.25, 0.3) is 0 Å². The van der Waals surface area contributed by atoms with Gasteiger partial charge in [-0.05, 0) is 31.5 Å². The topological polar surface area (TPSA) is 68.2 Å². The van der Waals surface area contributed by atoms with Crippen LogP contribution in [0.5, 0.6) is 0 Å². The summed E-state index contributed by atoms with van der Waals surface area (Å²) in [6, 6.07) is 9.90. The average Bonchev–Trinajstić information content (AvgIpc) is 2.97. The van der Waals surface area contributed by atoms with E-state index < -0.39 is 0 Å². The predicted molar refractivity (Wildman–Crippen MR) is 101 cm³/mol. The third-order valence-electron chi connectivity index (χ3n) is 5.31. The first-order chi connectivity index (χ1) is 12.2. The molecule has 0 radical (unpaired) electrons. The smallest absolute Gasteiger partial charge is 0.272 e. The Morgan fingerprint density at radius 3 is 2.77 bits per heavy atom. The van der Waals surface area contributed by atoms with Crippen molar-refractivity contribution in [3.63, 3.8) is 0 Å². The number of halogens is 1. The van der Waals surface area contributed by atoms with E-state index in [4.69, 9.17) is 4.74 Å². The number of aryl methyl sites for hydroxylation is 1. The van der Waals surface area contributed by atoms with E-state index in [0.717, 1.165) is 49.2 Å². The third-order valence-corrected chi connectivity index (χ3v) is 5.31. The summed E-state index contributed by atoms with van der Waals surface area (Å²) >= 11 is 0. The largest absolute Gasteiger partial charge is 0.370 e. The Bertz CT molecular complexity index is 769. The molecular weight excluding hydrogens is 352 g/mol. The second kappa shape index (κ2) is 7.78. The van der Waals surface area contributed by atoms with Crippen molar-refractivity contribution in [2.75, 3.05) is 13.1 Å². The van der Waals surface area contributed by atoms with E-state index in [9.17, 15) is 4.79 Å². The lowest BCUT2D eigenvalue weighted by atomic mass is 9.84. The van der Waals surface area contributed by atoms with E-state index in [-0.39, 0.29) is 23.9 Å². The SMILES string of the molecule is Cl.Cn1nc(C(=O)NCc2ccccc2)c2c1CC1(CCNCC1)OC2. The van der Waals surface area contributed by atoms with E-state index >= 15 is 0 Å². The van der Waals surface area contributed by atoms with E-state index in [1.165, 1.54) is 0 Å². The number of carbonyl (C=O) groups is 1. The molecule has 0 atom stereocenters. The summed E-state index contributed by atoms with van der Waals surface area (Å²) in [4.78, 5) is 12.6. The standard InChI is InChI=1S/C19H24N4O2.ClH/c1-23-16-11-19(7-9-20-10-8-19)25-13-15(16)17(22-23)18(24)21-12-14-5-3-2-4-6-14;/h2-6,20H,7-13H2,1H3,(H,21,24);1H. The number of rotatable bonds is 3. The normalized spacial score (nSPS) is 18.0. The van der Waals surface area contributed by atoms with Crippen LogP contribution in [0.2, 0.25) is 0 Å². The molecule has 140 valence electrons. The summed E-state index contributed by atoms with van der Waals surface area (Å²) in [5.41, 5.74) is 3.56. The maximum absolute atomic E-state index is 12.6. The van der Waals surface area contributed by atoms with Gasteiger partial charge in [0.1, 0.15) is 0 Å². The number of piperidine rings is 1. The van der Waals surface area contributed by atoms with Gasteiger partial charge in [-0.3, -0.25) is 9.48 Å². The van der Waals surface area contributed by atoms with Crippen molar-refractivity contribution in [3.8, 4) is 0 Å². The van der Waals surface area contributed by atoms with Crippen LogP contribution in [0.15, 0.2) is 30.3 Å². The van der Waals surface area contributed by atoms with Gasteiger partial charge in [-0.2, -0.15) is 5.10 Å². The van der Waals surface area contributed by atoms with Crippen molar-refractivity contribution >= 4 is 18.3 Å². The van der Waals surface area contributed by atoms with Gasteiger partial charge in [-0.25, -0.2) is 0 Å². The number of nitrogens with zero attached hydrogens (tertiary/aromatic N) is 2. The molecule has 2 aromatic rings. The zero-order valence-corrected chi connectivity index (χ0v) is 15.8. The molecule has 1 aromatic carbocycles. The number of amides is 1. The Morgan fingerprint density at radius 1 is 1.31 bits per heavy atom. The molecule has 1 spiro atoms. The highest BCUT2D eigenvalue weighted by Crippen LogP contribution is 2.35. The molecule has 0 bridgehead atoms. The van der Waals surface area contributed by atoms with Gasteiger partial charge in [0.25, 0.3) is 5.91 Å². The average molecular weight is 377 g/mol. The summed E-state index contributed by atoms with van der Waals surface area (Å²) in [6.45, 7) is 2.94. The fourth-order valence-corrected chi connectivity index (χ4v) is 3.80.